The van der Waals surface area contributed by atoms with Crippen LogP contribution >= 0.6 is 0 Å². The summed E-state index contributed by atoms with van der Waals surface area (Å²) in [6.45, 7) is 1.99. The highest BCUT2D eigenvalue weighted by Gasteiger charge is 2.40. The Bertz CT molecular complexity index is 1110. The maximum atomic E-state index is 14.0. The minimum absolute atomic E-state index is 0.0496. The second-order valence-electron chi connectivity index (χ2n) is 9.21. The van der Waals surface area contributed by atoms with Crippen LogP contribution in [0, 0.1) is 5.82 Å². The predicted octanol–water partition coefficient (Wildman–Crippen LogP) is 3.80. The summed E-state index contributed by atoms with van der Waals surface area (Å²) in [5, 5.41) is 2.57. The molecule has 1 atom stereocenters. The van der Waals surface area contributed by atoms with E-state index in [9.17, 15) is 18.8 Å². The summed E-state index contributed by atoms with van der Waals surface area (Å²) < 4.78 is 14.0. The van der Waals surface area contributed by atoms with Gasteiger partial charge in [0.05, 0.1) is 17.1 Å². The van der Waals surface area contributed by atoms with Gasteiger partial charge in [-0.1, -0.05) is 12.1 Å². The summed E-state index contributed by atoms with van der Waals surface area (Å²) in [7, 11) is 0. The van der Waals surface area contributed by atoms with Gasteiger partial charge in [0.25, 0.3) is 5.91 Å². The third kappa shape index (κ3) is 4.24. The number of amides is 3. The van der Waals surface area contributed by atoms with Crippen LogP contribution in [0.3, 0.4) is 0 Å². The van der Waals surface area contributed by atoms with Crippen LogP contribution in [-0.4, -0.2) is 54.8 Å². The smallest absolute Gasteiger partial charge is 0.253 e. The number of likely N-dealkylation sites (tertiary alicyclic amines) is 1. The van der Waals surface area contributed by atoms with Crippen LogP contribution in [0.5, 0.6) is 0 Å². The average molecular weight is 465 g/mol. The lowest BCUT2D eigenvalue weighted by Crippen LogP contribution is -2.56. The van der Waals surface area contributed by atoms with Gasteiger partial charge < -0.3 is 15.1 Å². The van der Waals surface area contributed by atoms with Crippen LogP contribution in [-0.2, 0) is 9.59 Å². The summed E-state index contributed by atoms with van der Waals surface area (Å²) >= 11 is 0. The number of rotatable bonds is 4. The number of benzene rings is 2. The van der Waals surface area contributed by atoms with Gasteiger partial charge in [0.2, 0.25) is 11.8 Å². The molecule has 0 unspecified atom stereocenters. The van der Waals surface area contributed by atoms with Gasteiger partial charge in [-0.15, -0.1) is 0 Å². The molecule has 1 N–H and O–H groups in total. The number of hydrogen-bond acceptors (Lipinski definition) is 4. The van der Waals surface area contributed by atoms with Crippen molar-refractivity contribution in [3.8, 4) is 0 Å². The summed E-state index contributed by atoms with van der Waals surface area (Å²) in [6.07, 6.45) is 5.77. The molecular weight excluding hydrogens is 435 g/mol. The highest BCUT2D eigenvalue weighted by Crippen LogP contribution is 2.40. The quantitative estimate of drug-likeness (QED) is 0.747. The molecule has 7 nitrogen and oxygen atoms in total. The molecular formula is C26H29FN4O3. The maximum Gasteiger partial charge on any atom is 0.253 e. The Labute approximate surface area is 198 Å². The normalized spacial score (nSPS) is 20.0. The molecule has 2 aromatic rings. The van der Waals surface area contributed by atoms with E-state index in [0.717, 1.165) is 63.8 Å². The van der Waals surface area contributed by atoms with Gasteiger partial charge in [0.1, 0.15) is 18.4 Å². The van der Waals surface area contributed by atoms with Gasteiger partial charge in [0.15, 0.2) is 0 Å². The molecule has 178 valence electrons. The lowest BCUT2D eigenvalue weighted by Gasteiger charge is -2.45. The fourth-order valence-corrected chi connectivity index (χ4v) is 5.23. The van der Waals surface area contributed by atoms with E-state index < -0.39 is 11.7 Å². The fraction of sp³-hybridized carbons (Fsp3) is 0.423. The topological polar surface area (TPSA) is 73.0 Å². The predicted molar refractivity (Wildman–Crippen MR) is 129 cm³/mol. The molecule has 2 aromatic carbocycles. The Morgan fingerprint density at radius 2 is 1.71 bits per heavy atom. The van der Waals surface area contributed by atoms with E-state index in [-0.39, 0.29) is 30.1 Å². The minimum atomic E-state index is -0.533. The molecule has 0 spiro atoms. The van der Waals surface area contributed by atoms with Gasteiger partial charge in [-0.05, 0) is 68.9 Å². The van der Waals surface area contributed by atoms with Crippen molar-refractivity contribution in [3.05, 3.63) is 53.8 Å². The number of para-hydroxylation sites is 1. The Morgan fingerprint density at radius 3 is 2.50 bits per heavy atom. The number of fused-ring (bicyclic) bond motifs is 3. The SMILES string of the molecule is O=C(CN1C(=O)[C@H]2CCCCN2c2ccc(C(=O)N3CCCCC3)cc21)Nc1ccccc1F. The van der Waals surface area contributed by atoms with Gasteiger partial charge in [-0.3, -0.25) is 19.3 Å². The van der Waals surface area contributed by atoms with Gasteiger partial charge >= 0.3 is 0 Å². The first kappa shape index (κ1) is 22.4. The van der Waals surface area contributed by atoms with Crippen molar-refractivity contribution in [2.75, 3.05) is 41.3 Å². The lowest BCUT2D eigenvalue weighted by atomic mass is 9.95. The summed E-state index contributed by atoms with van der Waals surface area (Å²) in [5.74, 6) is -1.22. The second-order valence-corrected chi connectivity index (χ2v) is 9.21. The van der Waals surface area contributed by atoms with E-state index in [4.69, 9.17) is 0 Å². The standard InChI is InChI=1S/C26H29FN4O3/c27-19-8-2-3-9-20(19)28-24(32)17-31-23-16-18(25(33)29-13-5-1-6-14-29)11-12-21(23)30-15-7-4-10-22(30)26(31)34/h2-3,8-9,11-12,16,22H,1,4-7,10,13-15,17H2,(H,28,32)/t22-/m1/s1. The first-order valence-corrected chi connectivity index (χ1v) is 12.1. The number of piperidine rings is 2. The Kier molecular flexibility index (Phi) is 6.22. The Morgan fingerprint density at radius 1 is 0.941 bits per heavy atom. The Hall–Kier alpha value is -3.42. The van der Waals surface area contributed by atoms with Crippen LogP contribution in [0.1, 0.15) is 48.9 Å². The number of hydrogen-bond donors (Lipinski definition) is 1. The molecule has 0 aliphatic carbocycles. The molecule has 3 amide bonds. The number of halogens is 1. The van der Waals surface area contributed by atoms with Crippen LogP contribution in [0.25, 0.3) is 0 Å². The monoisotopic (exact) mass is 464 g/mol. The molecule has 0 saturated carbocycles. The van der Waals surface area contributed by atoms with Crippen molar-refractivity contribution in [1.29, 1.82) is 0 Å². The highest BCUT2D eigenvalue weighted by molar-refractivity contribution is 6.11. The number of anilines is 3. The molecule has 3 heterocycles. The summed E-state index contributed by atoms with van der Waals surface area (Å²) in [6, 6.07) is 11.1. The zero-order chi connectivity index (χ0) is 23.7. The van der Waals surface area contributed by atoms with Crippen LogP contribution in [0.15, 0.2) is 42.5 Å². The van der Waals surface area contributed by atoms with E-state index in [0.29, 0.717) is 11.3 Å². The van der Waals surface area contributed by atoms with E-state index in [1.54, 1.807) is 18.2 Å². The van der Waals surface area contributed by atoms with Gasteiger partial charge in [0, 0.05) is 25.2 Å². The van der Waals surface area contributed by atoms with Crippen molar-refractivity contribution in [3.63, 3.8) is 0 Å². The van der Waals surface area contributed by atoms with Crippen molar-refractivity contribution in [2.24, 2.45) is 0 Å². The van der Waals surface area contributed by atoms with Crippen molar-refractivity contribution in [2.45, 2.75) is 44.6 Å². The van der Waals surface area contributed by atoms with E-state index in [1.165, 1.54) is 17.0 Å². The van der Waals surface area contributed by atoms with Crippen LogP contribution < -0.4 is 15.1 Å². The first-order valence-electron chi connectivity index (χ1n) is 12.1. The third-order valence-electron chi connectivity index (χ3n) is 6.97. The molecule has 2 saturated heterocycles. The third-order valence-corrected chi connectivity index (χ3v) is 6.97. The molecule has 0 bridgehead atoms. The van der Waals surface area contributed by atoms with Crippen molar-refractivity contribution < 1.29 is 18.8 Å². The zero-order valence-electron chi connectivity index (χ0n) is 19.1. The molecule has 8 heteroatoms. The number of nitrogens with one attached hydrogen (secondary N) is 1. The van der Waals surface area contributed by atoms with Gasteiger partial charge in [-0.25, -0.2) is 4.39 Å². The fourth-order valence-electron chi connectivity index (χ4n) is 5.23. The average Bonchev–Trinajstić information content (AvgIpc) is 2.87. The summed E-state index contributed by atoms with van der Waals surface area (Å²) in [4.78, 5) is 44.9. The molecule has 2 fully saturated rings. The van der Waals surface area contributed by atoms with Crippen molar-refractivity contribution >= 4 is 34.8 Å². The zero-order valence-corrected chi connectivity index (χ0v) is 19.1. The maximum absolute atomic E-state index is 14.0. The molecule has 5 rings (SSSR count). The first-order chi connectivity index (χ1) is 16.5. The molecule has 0 aromatic heterocycles. The lowest BCUT2D eigenvalue weighted by molar-refractivity contribution is -0.123. The molecule has 3 aliphatic heterocycles. The highest BCUT2D eigenvalue weighted by atomic mass is 19.1. The van der Waals surface area contributed by atoms with E-state index in [1.807, 2.05) is 17.0 Å². The molecule has 3 aliphatic rings. The number of nitrogens with zero attached hydrogens (tertiary/aromatic N) is 3. The van der Waals surface area contributed by atoms with Crippen LogP contribution in [0.4, 0.5) is 21.5 Å². The van der Waals surface area contributed by atoms with E-state index in [2.05, 4.69) is 10.2 Å². The Balaban J connectivity index is 1.46. The van der Waals surface area contributed by atoms with Gasteiger partial charge in [-0.2, -0.15) is 0 Å². The van der Waals surface area contributed by atoms with E-state index >= 15 is 0 Å². The largest absolute Gasteiger partial charge is 0.358 e. The number of carbonyl (C=O) groups excluding carboxylic acids is 3. The number of carbonyl (C=O) groups is 3. The minimum Gasteiger partial charge on any atom is -0.358 e. The summed E-state index contributed by atoms with van der Waals surface area (Å²) in [5.41, 5.74) is 2.02. The van der Waals surface area contributed by atoms with Crippen molar-refractivity contribution in [1.82, 2.24) is 4.90 Å². The molecule has 34 heavy (non-hydrogen) atoms. The second kappa shape index (κ2) is 9.44. The molecule has 0 radical (unpaired) electrons. The van der Waals surface area contributed by atoms with Crippen LogP contribution in [0.2, 0.25) is 0 Å².